The molecule has 0 amide bonds. The molecule has 57 heavy (non-hydrogen) atoms. The summed E-state index contributed by atoms with van der Waals surface area (Å²) < 4.78 is 13.1. The molecule has 0 N–H and O–H groups in total. The number of rotatable bonds is 7. The van der Waals surface area contributed by atoms with E-state index in [4.69, 9.17) is 13.8 Å². The minimum atomic E-state index is 0.581. The summed E-state index contributed by atoms with van der Waals surface area (Å²) >= 11 is 0. The fraction of sp³-hybridized carbons (Fsp3) is 0. The Bertz CT molecular complexity index is 3220. The minimum Gasteiger partial charge on any atom is -0.455 e. The maximum Gasteiger partial charge on any atom is 0.227 e. The number of para-hydroxylation sites is 1. The Morgan fingerprint density at radius 2 is 0.947 bits per heavy atom. The summed E-state index contributed by atoms with van der Waals surface area (Å²) in [5, 5.41) is 4.51. The van der Waals surface area contributed by atoms with Crippen molar-refractivity contribution in [3.05, 3.63) is 206 Å². The van der Waals surface area contributed by atoms with E-state index in [-0.39, 0.29) is 0 Å². The number of hydrogen-bond donors (Lipinski definition) is 0. The van der Waals surface area contributed by atoms with E-state index in [9.17, 15) is 0 Å². The number of fused-ring (bicyclic) bond motifs is 5. The summed E-state index contributed by atoms with van der Waals surface area (Å²) in [7, 11) is 0. The number of hydrogen-bond acceptors (Lipinski definition) is 4. The Kier molecular flexibility index (Phi) is 7.78. The van der Waals surface area contributed by atoms with E-state index in [2.05, 4.69) is 163 Å². The number of furan rings is 1. The summed E-state index contributed by atoms with van der Waals surface area (Å²) in [5.41, 5.74) is 13.8. The van der Waals surface area contributed by atoms with E-state index in [0.29, 0.717) is 5.89 Å². The smallest absolute Gasteiger partial charge is 0.227 e. The van der Waals surface area contributed by atoms with Gasteiger partial charge in [-0.3, -0.25) is 0 Å². The molecule has 268 valence electrons. The van der Waals surface area contributed by atoms with Gasteiger partial charge in [0.05, 0.1) is 5.56 Å². The van der Waals surface area contributed by atoms with Crippen LogP contribution in [0.4, 0.5) is 17.1 Å². The van der Waals surface area contributed by atoms with Crippen LogP contribution in [-0.2, 0) is 0 Å². The number of oxazole rings is 1. The van der Waals surface area contributed by atoms with Crippen molar-refractivity contribution >= 4 is 60.9 Å². The van der Waals surface area contributed by atoms with Gasteiger partial charge in [-0.1, -0.05) is 140 Å². The molecule has 0 aliphatic carbocycles. The number of benzene rings is 9. The molecule has 2 heterocycles. The fourth-order valence-electron chi connectivity index (χ4n) is 8.07. The van der Waals surface area contributed by atoms with Crippen molar-refractivity contribution in [3.63, 3.8) is 0 Å². The summed E-state index contributed by atoms with van der Waals surface area (Å²) in [6.45, 7) is 0. The topological polar surface area (TPSA) is 42.4 Å². The lowest BCUT2D eigenvalue weighted by molar-refractivity contribution is 0.620. The van der Waals surface area contributed by atoms with E-state index < -0.39 is 0 Å². The lowest BCUT2D eigenvalue weighted by Gasteiger charge is -2.26. The highest BCUT2D eigenvalue weighted by Crippen LogP contribution is 2.44. The molecule has 0 aliphatic rings. The minimum absolute atomic E-state index is 0.581. The summed E-state index contributed by atoms with van der Waals surface area (Å²) in [5.74, 6) is 0.581. The monoisotopic (exact) mass is 730 g/mol. The normalized spacial score (nSPS) is 11.5. The summed E-state index contributed by atoms with van der Waals surface area (Å²) in [6.07, 6.45) is 0. The zero-order valence-electron chi connectivity index (χ0n) is 30.8. The maximum atomic E-state index is 6.61. The van der Waals surface area contributed by atoms with Crippen LogP contribution >= 0.6 is 0 Å². The van der Waals surface area contributed by atoms with Crippen molar-refractivity contribution in [2.24, 2.45) is 0 Å². The van der Waals surface area contributed by atoms with Crippen LogP contribution in [0.2, 0.25) is 0 Å². The van der Waals surface area contributed by atoms with Crippen molar-refractivity contribution < 1.29 is 8.83 Å². The zero-order chi connectivity index (χ0) is 37.7. The van der Waals surface area contributed by atoms with E-state index in [1.165, 1.54) is 27.5 Å². The highest BCUT2D eigenvalue weighted by Gasteiger charge is 2.22. The highest BCUT2D eigenvalue weighted by atomic mass is 16.4. The van der Waals surface area contributed by atoms with E-state index in [1.54, 1.807) is 0 Å². The standard InChI is InChI=1S/C53H34N2O2/c1-3-12-35(13-4-1)41-18-11-19-45(33-41)55(43-28-24-37(25-29-43)42-23-22-36-14-7-8-17-40(36)32-42)44-30-26-38(27-31-44)50-51-49(57-53(54-51)39-15-5-2-6-16-39)34-47-46-20-9-10-21-48(46)56-52(47)50/h1-34H. The Labute approximate surface area is 329 Å². The Morgan fingerprint density at radius 1 is 0.351 bits per heavy atom. The highest BCUT2D eigenvalue weighted by molar-refractivity contribution is 6.16. The molecule has 0 saturated heterocycles. The van der Waals surface area contributed by atoms with Crippen molar-refractivity contribution in [2.75, 3.05) is 4.90 Å². The van der Waals surface area contributed by atoms with Crippen LogP contribution in [0, 0.1) is 0 Å². The number of nitrogens with zero attached hydrogens (tertiary/aromatic N) is 2. The second kappa shape index (κ2) is 13.6. The van der Waals surface area contributed by atoms with Gasteiger partial charge in [-0.15, -0.1) is 0 Å². The molecule has 9 aromatic carbocycles. The van der Waals surface area contributed by atoms with Crippen LogP contribution in [-0.4, -0.2) is 4.98 Å². The second-order valence-electron chi connectivity index (χ2n) is 14.4. The summed E-state index contributed by atoms with van der Waals surface area (Å²) in [4.78, 5) is 7.40. The molecule has 0 unspecified atom stereocenters. The molecule has 0 aliphatic heterocycles. The maximum absolute atomic E-state index is 6.61. The third-order valence-corrected chi connectivity index (χ3v) is 10.9. The van der Waals surface area contributed by atoms with Crippen LogP contribution in [0.1, 0.15) is 0 Å². The van der Waals surface area contributed by atoms with Crippen molar-refractivity contribution in [1.82, 2.24) is 4.98 Å². The zero-order valence-corrected chi connectivity index (χ0v) is 30.8. The molecule has 0 spiro atoms. The molecular formula is C53H34N2O2. The van der Waals surface area contributed by atoms with Crippen LogP contribution in [0.3, 0.4) is 0 Å². The van der Waals surface area contributed by atoms with Crippen molar-refractivity contribution in [1.29, 1.82) is 0 Å². The number of anilines is 3. The van der Waals surface area contributed by atoms with Gasteiger partial charge in [0.25, 0.3) is 0 Å². The van der Waals surface area contributed by atoms with E-state index >= 15 is 0 Å². The fourth-order valence-corrected chi connectivity index (χ4v) is 8.07. The molecule has 0 radical (unpaired) electrons. The molecule has 0 atom stereocenters. The molecule has 2 aromatic heterocycles. The first kappa shape index (κ1) is 32.7. The largest absolute Gasteiger partial charge is 0.455 e. The van der Waals surface area contributed by atoms with Gasteiger partial charge >= 0.3 is 0 Å². The van der Waals surface area contributed by atoms with Gasteiger partial charge in [0, 0.05) is 33.4 Å². The molecule has 11 aromatic rings. The van der Waals surface area contributed by atoms with Gasteiger partial charge in [-0.25, -0.2) is 4.98 Å². The van der Waals surface area contributed by atoms with Crippen molar-refractivity contribution in [2.45, 2.75) is 0 Å². The van der Waals surface area contributed by atoms with E-state index in [0.717, 1.165) is 72.4 Å². The number of aromatic nitrogens is 1. The molecule has 0 saturated carbocycles. The molecule has 0 bridgehead atoms. The van der Waals surface area contributed by atoms with Crippen LogP contribution in [0.15, 0.2) is 215 Å². The third-order valence-electron chi connectivity index (χ3n) is 10.9. The average molecular weight is 731 g/mol. The molecule has 4 nitrogen and oxygen atoms in total. The Balaban J connectivity index is 1.05. The average Bonchev–Trinajstić information content (AvgIpc) is 3.88. The van der Waals surface area contributed by atoms with Gasteiger partial charge in [0.1, 0.15) is 16.7 Å². The lowest BCUT2D eigenvalue weighted by atomic mass is 9.99. The Hall–Kier alpha value is -7.69. The van der Waals surface area contributed by atoms with Gasteiger partial charge in [-0.05, 0) is 105 Å². The van der Waals surface area contributed by atoms with Gasteiger partial charge in [0.2, 0.25) is 5.89 Å². The molecule has 4 heteroatoms. The second-order valence-corrected chi connectivity index (χ2v) is 14.4. The van der Waals surface area contributed by atoms with Crippen molar-refractivity contribution in [3.8, 4) is 44.8 Å². The van der Waals surface area contributed by atoms with Crippen LogP contribution in [0.25, 0.3) is 88.6 Å². The first-order chi connectivity index (χ1) is 28.2. The summed E-state index contributed by atoms with van der Waals surface area (Å²) in [6, 6.07) is 72.3. The van der Waals surface area contributed by atoms with Gasteiger partial charge < -0.3 is 13.7 Å². The molecule has 0 fully saturated rings. The van der Waals surface area contributed by atoms with Gasteiger partial charge in [-0.2, -0.15) is 0 Å². The third kappa shape index (κ3) is 5.83. The first-order valence-corrected chi connectivity index (χ1v) is 19.2. The molecular weight excluding hydrogens is 697 g/mol. The van der Waals surface area contributed by atoms with Crippen LogP contribution in [0.5, 0.6) is 0 Å². The van der Waals surface area contributed by atoms with Crippen LogP contribution < -0.4 is 4.90 Å². The first-order valence-electron chi connectivity index (χ1n) is 19.2. The molecule has 11 rings (SSSR count). The lowest BCUT2D eigenvalue weighted by Crippen LogP contribution is -2.10. The van der Waals surface area contributed by atoms with E-state index in [1.807, 2.05) is 48.5 Å². The SMILES string of the molecule is c1ccc(-c2cccc(N(c3ccc(-c4ccc5ccccc5c4)cc3)c3ccc(-c4c5nc(-c6ccccc6)oc5cc5c4oc4ccccc45)cc3)c2)cc1. The predicted octanol–water partition coefficient (Wildman–Crippen LogP) is 15.0. The Morgan fingerprint density at radius 3 is 1.72 bits per heavy atom. The predicted molar refractivity (Wildman–Crippen MR) is 235 cm³/mol. The van der Waals surface area contributed by atoms with Gasteiger partial charge in [0.15, 0.2) is 5.58 Å². The quantitative estimate of drug-likeness (QED) is 0.164.